The van der Waals surface area contributed by atoms with Gasteiger partial charge in [-0.3, -0.25) is 0 Å². The Labute approximate surface area is 80.6 Å². The molecule has 1 aromatic rings. The molecule has 0 radical (unpaired) electrons. The zero-order valence-corrected chi connectivity index (χ0v) is 8.84. The number of benzene rings is 1. The average molecular weight is 262 g/mol. The molecule has 0 amide bonds. The monoisotopic (exact) mass is 262 g/mol. The molecule has 11 heavy (non-hydrogen) atoms. The van der Waals surface area contributed by atoms with E-state index in [4.69, 9.17) is 5.11 Å². The van der Waals surface area contributed by atoms with Crippen LogP contribution in [0.1, 0.15) is 16.7 Å². The molecule has 0 aliphatic carbocycles. The Morgan fingerprint density at radius 3 is 2.36 bits per heavy atom. The molecule has 0 saturated carbocycles. The second kappa shape index (κ2) is 3.54. The first-order valence-electron chi connectivity index (χ1n) is 3.51. The Morgan fingerprint density at radius 2 is 1.82 bits per heavy atom. The van der Waals surface area contributed by atoms with Crippen molar-refractivity contribution in [3.63, 3.8) is 0 Å². The van der Waals surface area contributed by atoms with E-state index in [0.717, 1.165) is 9.13 Å². The van der Waals surface area contributed by atoms with E-state index in [9.17, 15) is 0 Å². The molecular weight excluding hydrogens is 251 g/mol. The maximum absolute atomic E-state index is 8.93. The van der Waals surface area contributed by atoms with E-state index in [0.29, 0.717) is 0 Å². The Hall–Kier alpha value is -0.0900. The molecule has 0 bridgehead atoms. The fraction of sp³-hybridized carbons (Fsp3) is 0.333. The van der Waals surface area contributed by atoms with Gasteiger partial charge in [-0.2, -0.15) is 0 Å². The van der Waals surface area contributed by atoms with Crippen molar-refractivity contribution in [1.29, 1.82) is 0 Å². The summed E-state index contributed by atoms with van der Waals surface area (Å²) in [6.07, 6.45) is 0. The van der Waals surface area contributed by atoms with Crippen LogP contribution in [0.2, 0.25) is 0 Å². The SMILES string of the molecule is Cc1cc(I)c(CO)cc1C. The fourth-order valence-electron chi connectivity index (χ4n) is 0.962. The molecule has 0 unspecified atom stereocenters. The van der Waals surface area contributed by atoms with Crippen molar-refractivity contribution < 1.29 is 5.11 Å². The molecule has 0 heterocycles. The molecule has 1 rings (SSSR count). The van der Waals surface area contributed by atoms with Crippen LogP contribution >= 0.6 is 22.6 Å². The second-order valence-corrected chi connectivity index (χ2v) is 3.85. The summed E-state index contributed by atoms with van der Waals surface area (Å²) < 4.78 is 1.15. The van der Waals surface area contributed by atoms with Crippen molar-refractivity contribution in [3.8, 4) is 0 Å². The molecule has 0 fully saturated rings. The third-order valence-corrected chi connectivity index (χ3v) is 2.84. The summed E-state index contributed by atoms with van der Waals surface area (Å²) in [5.41, 5.74) is 3.55. The highest BCUT2D eigenvalue weighted by Gasteiger charge is 2.00. The van der Waals surface area contributed by atoms with Gasteiger partial charge in [-0.05, 0) is 59.2 Å². The van der Waals surface area contributed by atoms with Gasteiger partial charge in [-0.15, -0.1) is 0 Å². The largest absolute Gasteiger partial charge is 0.392 e. The van der Waals surface area contributed by atoms with Crippen molar-refractivity contribution in [3.05, 3.63) is 32.4 Å². The van der Waals surface area contributed by atoms with Gasteiger partial charge in [0.2, 0.25) is 0 Å². The second-order valence-electron chi connectivity index (χ2n) is 2.69. The molecule has 0 spiro atoms. The van der Waals surface area contributed by atoms with Crippen molar-refractivity contribution in [2.75, 3.05) is 0 Å². The Kier molecular flexibility index (Phi) is 2.90. The number of aliphatic hydroxyl groups excluding tert-OH is 1. The maximum Gasteiger partial charge on any atom is 0.0692 e. The van der Waals surface area contributed by atoms with Crippen molar-refractivity contribution in [2.45, 2.75) is 20.5 Å². The average Bonchev–Trinajstić information content (AvgIpc) is 1.97. The van der Waals surface area contributed by atoms with Gasteiger partial charge in [0.05, 0.1) is 6.61 Å². The smallest absolute Gasteiger partial charge is 0.0692 e. The molecule has 0 aliphatic heterocycles. The van der Waals surface area contributed by atoms with Crippen LogP contribution in [0.5, 0.6) is 0 Å². The molecule has 0 aromatic heterocycles. The molecule has 1 aromatic carbocycles. The zero-order chi connectivity index (χ0) is 8.43. The van der Waals surface area contributed by atoms with E-state index in [2.05, 4.69) is 42.5 Å². The minimum absolute atomic E-state index is 0.138. The van der Waals surface area contributed by atoms with Crippen LogP contribution in [0.3, 0.4) is 0 Å². The minimum atomic E-state index is 0.138. The number of aryl methyl sites for hydroxylation is 2. The first-order valence-corrected chi connectivity index (χ1v) is 4.59. The predicted molar refractivity (Wildman–Crippen MR) is 54.6 cm³/mol. The lowest BCUT2D eigenvalue weighted by molar-refractivity contribution is 0.281. The summed E-state index contributed by atoms with van der Waals surface area (Å²) in [6.45, 7) is 4.28. The van der Waals surface area contributed by atoms with Gasteiger partial charge in [-0.1, -0.05) is 6.07 Å². The Morgan fingerprint density at radius 1 is 1.27 bits per heavy atom. The van der Waals surface area contributed by atoms with E-state index in [1.54, 1.807) is 0 Å². The summed E-state index contributed by atoms with van der Waals surface area (Å²) in [5, 5.41) is 8.93. The lowest BCUT2D eigenvalue weighted by Gasteiger charge is -2.05. The topological polar surface area (TPSA) is 20.2 Å². The van der Waals surface area contributed by atoms with Crippen LogP contribution in [-0.2, 0) is 6.61 Å². The van der Waals surface area contributed by atoms with Gasteiger partial charge in [0, 0.05) is 3.57 Å². The number of hydrogen-bond donors (Lipinski definition) is 1. The first-order chi connectivity index (χ1) is 5.15. The highest BCUT2D eigenvalue weighted by atomic mass is 127. The number of aliphatic hydroxyl groups is 1. The van der Waals surface area contributed by atoms with E-state index < -0.39 is 0 Å². The normalized spacial score (nSPS) is 10.2. The van der Waals surface area contributed by atoms with Gasteiger partial charge >= 0.3 is 0 Å². The summed E-state index contributed by atoms with van der Waals surface area (Å²) in [5.74, 6) is 0. The van der Waals surface area contributed by atoms with E-state index in [-0.39, 0.29) is 6.61 Å². The molecule has 0 aliphatic rings. The van der Waals surface area contributed by atoms with Gasteiger partial charge < -0.3 is 5.11 Å². The quantitative estimate of drug-likeness (QED) is 0.770. The summed E-state index contributed by atoms with van der Waals surface area (Å²) in [6, 6.07) is 4.14. The van der Waals surface area contributed by atoms with Gasteiger partial charge in [0.25, 0.3) is 0 Å². The standard InChI is InChI=1S/C9H11IO/c1-6-3-8(5-11)9(10)4-7(6)2/h3-4,11H,5H2,1-2H3. The Bertz CT molecular complexity index is 269. The van der Waals surface area contributed by atoms with E-state index >= 15 is 0 Å². The van der Waals surface area contributed by atoms with E-state index in [1.807, 2.05) is 6.07 Å². The predicted octanol–water partition coefficient (Wildman–Crippen LogP) is 2.40. The van der Waals surface area contributed by atoms with Crippen LogP contribution in [0, 0.1) is 17.4 Å². The van der Waals surface area contributed by atoms with Crippen LogP contribution < -0.4 is 0 Å². The molecule has 1 nitrogen and oxygen atoms in total. The fourth-order valence-corrected chi connectivity index (χ4v) is 1.76. The summed E-state index contributed by atoms with van der Waals surface area (Å²) in [4.78, 5) is 0. The molecule has 2 heteroatoms. The lowest BCUT2D eigenvalue weighted by Crippen LogP contribution is -1.91. The number of rotatable bonds is 1. The molecule has 0 atom stereocenters. The van der Waals surface area contributed by atoms with Crippen LogP contribution in [-0.4, -0.2) is 5.11 Å². The van der Waals surface area contributed by atoms with E-state index in [1.165, 1.54) is 11.1 Å². The first kappa shape index (κ1) is 9.00. The molecule has 60 valence electrons. The van der Waals surface area contributed by atoms with Crippen molar-refractivity contribution >= 4 is 22.6 Å². The van der Waals surface area contributed by atoms with Crippen molar-refractivity contribution in [1.82, 2.24) is 0 Å². The molecule has 1 N–H and O–H groups in total. The van der Waals surface area contributed by atoms with Gasteiger partial charge in [-0.25, -0.2) is 0 Å². The third kappa shape index (κ3) is 1.93. The van der Waals surface area contributed by atoms with Crippen LogP contribution in [0.4, 0.5) is 0 Å². The number of halogens is 1. The van der Waals surface area contributed by atoms with Gasteiger partial charge in [0.1, 0.15) is 0 Å². The minimum Gasteiger partial charge on any atom is -0.392 e. The van der Waals surface area contributed by atoms with Gasteiger partial charge in [0.15, 0.2) is 0 Å². The van der Waals surface area contributed by atoms with Crippen molar-refractivity contribution in [2.24, 2.45) is 0 Å². The highest BCUT2D eigenvalue weighted by Crippen LogP contribution is 2.17. The number of hydrogen-bond acceptors (Lipinski definition) is 1. The van der Waals surface area contributed by atoms with Crippen LogP contribution in [0.25, 0.3) is 0 Å². The lowest BCUT2D eigenvalue weighted by atomic mass is 10.1. The highest BCUT2D eigenvalue weighted by molar-refractivity contribution is 14.1. The Balaban J connectivity index is 3.21. The summed E-state index contributed by atoms with van der Waals surface area (Å²) >= 11 is 2.24. The molecular formula is C9H11IO. The molecule has 0 saturated heterocycles. The summed E-state index contributed by atoms with van der Waals surface area (Å²) in [7, 11) is 0. The zero-order valence-electron chi connectivity index (χ0n) is 6.69. The van der Waals surface area contributed by atoms with Crippen LogP contribution in [0.15, 0.2) is 12.1 Å². The maximum atomic E-state index is 8.93. The third-order valence-electron chi connectivity index (χ3n) is 1.83.